The average molecular weight is 574 g/mol. The Kier molecular flexibility index (Phi) is 7.79. The summed E-state index contributed by atoms with van der Waals surface area (Å²) in [5.41, 5.74) is 4.50. The second-order valence-corrected chi connectivity index (χ2v) is 12.3. The first kappa shape index (κ1) is 28.3. The van der Waals surface area contributed by atoms with E-state index in [2.05, 4.69) is 4.98 Å². The molecule has 41 heavy (non-hydrogen) atoms. The monoisotopic (exact) mass is 573 g/mol. The number of aromatic nitrogens is 3. The van der Waals surface area contributed by atoms with Crippen molar-refractivity contribution in [2.24, 2.45) is 0 Å². The Bertz CT molecular complexity index is 1810. The highest BCUT2D eigenvalue weighted by molar-refractivity contribution is 7.86. The molecule has 0 fully saturated rings. The molecule has 5 aromatic rings. The quantitative estimate of drug-likeness (QED) is 0.129. The van der Waals surface area contributed by atoms with Crippen LogP contribution < -0.4 is 4.74 Å². The van der Waals surface area contributed by atoms with Gasteiger partial charge >= 0.3 is 5.97 Å². The van der Waals surface area contributed by atoms with Crippen LogP contribution in [0.1, 0.15) is 31.9 Å². The predicted octanol–water partition coefficient (Wildman–Crippen LogP) is 5.53. The molecule has 0 saturated carbocycles. The number of rotatable bonds is 9. The van der Waals surface area contributed by atoms with Gasteiger partial charge in [-0.1, -0.05) is 23.8 Å². The summed E-state index contributed by atoms with van der Waals surface area (Å²) in [5, 5.41) is 0. The molecule has 0 radical (unpaired) electrons. The van der Waals surface area contributed by atoms with Gasteiger partial charge in [0.1, 0.15) is 24.6 Å². The smallest absolute Gasteiger partial charge is 0.310 e. The summed E-state index contributed by atoms with van der Waals surface area (Å²) in [5.74, 6) is 0.836. The number of hydrogen-bond acceptors (Lipinski definition) is 8. The van der Waals surface area contributed by atoms with E-state index in [1.54, 1.807) is 24.3 Å². The van der Waals surface area contributed by atoms with Crippen LogP contribution in [0.5, 0.6) is 5.75 Å². The minimum absolute atomic E-state index is 0.0746. The predicted molar refractivity (Wildman–Crippen MR) is 155 cm³/mol. The van der Waals surface area contributed by atoms with Gasteiger partial charge in [0, 0.05) is 11.8 Å². The molecule has 2 heterocycles. The fourth-order valence-corrected chi connectivity index (χ4v) is 5.15. The van der Waals surface area contributed by atoms with Crippen LogP contribution in [0.3, 0.4) is 0 Å². The van der Waals surface area contributed by atoms with Gasteiger partial charge in [-0.05, 0) is 87.9 Å². The van der Waals surface area contributed by atoms with Gasteiger partial charge in [-0.3, -0.25) is 13.4 Å². The lowest BCUT2D eigenvalue weighted by molar-refractivity contribution is -0.153. The van der Waals surface area contributed by atoms with E-state index in [0.29, 0.717) is 11.5 Å². The Balaban J connectivity index is 1.22. The molecule has 0 unspecified atom stereocenters. The van der Waals surface area contributed by atoms with Gasteiger partial charge in [-0.15, -0.1) is 0 Å². The number of nitrogens with zero attached hydrogens (tertiary/aromatic N) is 3. The molecule has 0 aliphatic rings. The number of carbonyl (C=O) groups is 1. The van der Waals surface area contributed by atoms with Gasteiger partial charge in [0.2, 0.25) is 5.78 Å². The molecule has 0 N–H and O–H groups in total. The van der Waals surface area contributed by atoms with Gasteiger partial charge in [0.05, 0.1) is 28.0 Å². The Morgan fingerprint density at radius 2 is 1.63 bits per heavy atom. The van der Waals surface area contributed by atoms with Crippen LogP contribution in [0.25, 0.3) is 28.1 Å². The zero-order valence-electron chi connectivity index (χ0n) is 23.3. The number of benzene rings is 3. The van der Waals surface area contributed by atoms with Crippen molar-refractivity contribution in [3.05, 3.63) is 90.1 Å². The number of esters is 1. The van der Waals surface area contributed by atoms with Gasteiger partial charge in [0.15, 0.2) is 0 Å². The average Bonchev–Trinajstić information content (AvgIpc) is 3.27. The molecule has 0 bridgehead atoms. The third-order valence-electron chi connectivity index (χ3n) is 6.16. The highest BCUT2D eigenvalue weighted by Crippen LogP contribution is 2.24. The van der Waals surface area contributed by atoms with Crippen LogP contribution in [0.15, 0.2) is 83.9 Å². The van der Waals surface area contributed by atoms with Crippen LogP contribution in [0.4, 0.5) is 0 Å². The van der Waals surface area contributed by atoms with Gasteiger partial charge in [0.25, 0.3) is 10.1 Å². The molecule has 0 spiro atoms. The third-order valence-corrected chi connectivity index (χ3v) is 7.48. The molecule has 9 nitrogen and oxygen atoms in total. The second-order valence-electron chi connectivity index (χ2n) is 10.6. The summed E-state index contributed by atoms with van der Waals surface area (Å²) in [4.78, 5) is 21.7. The maximum atomic E-state index is 12.3. The topological polar surface area (TPSA) is 109 Å². The summed E-state index contributed by atoms with van der Waals surface area (Å²) in [6.07, 6.45) is 2.08. The van der Waals surface area contributed by atoms with E-state index < -0.39 is 15.7 Å². The first-order valence-corrected chi connectivity index (χ1v) is 14.6. The number of aryl methyl sites for hydroxylation is 1. The van der Waals surface area contributed by atoms with Crippen LogP contribution >= 0.6 is 0 Å². The molecule has 0 amide bonds. The highest BCUT2D eigenvalue weighted by atomic mass is 32.2. The molecule has 5 rings (SSSR count). The Morgan fingerprint density at radius 1 is 0.902 bits per heavy atom. The first-order chi connectivity index (χ1) is 19.5. The van der Waals surface area contributed by atoms with E-state index in [-0.39, 0.29) is 30.5 Å². The van der Waals surface area contributed by atoms with Crippen LogP contribution in [-0.4, -0.2) is 47.6 Å². The summed E-state index contributed by atoms with van der Waals surface area (Å²) in [7, 11) is -3.83. The van der Waals surface area contributed by atoms with Crippen LogP contribution in [-0.2, 0) is 30.3 Å². The molecule has 212 valence electrons. The second kappa shape index (κ2) is 11.3. The lowest BCUT2D eigenvalue weighted by Crippen LogP contribution is -2.24. The fourth-order valence-electron chi connectivity index (χ4n) is 4.26. The van der Waals surface area contributed by atoms with Gasteiger partial charge in [-0.2, -0.15) is 8.42 Å². The van der Waals surface area contributed by atoms with E-state index in [1.165, 1.54) is 12.1 Å². The van der Waals surface area contributed by atoms with Crippen molar-refractivity contribution in [3.8, 4) is 17.0 Å². The largest absolute Gasteiger partial charge is 0.491 e. The molecule has 2 aromatic heterocycles. The lowest BCUT2D eigenvalue weighted by atomic mass is 10.1. The van der Waals surface area contributed by atoms with Gasteiger partial charge < -0.3 is 9.47 Å². The minimum atomic E-state index is -3.83. The summed E-state index contributed by atoms with van der Waals surface area (Å²) < 4.78 is 42.7. The third kappa shape index (κ3) is 6.90. The fraction of sp³-hybridized carbons (Fsp3) is 0.258. The zero-order valence-corrected chi connectivity index (χ0v) is 24.1. The molecule has 0 atom stereocenters. The Morgan fingerprint density at radius 3 is 2.34 bits per heavy atom. The van der Waals surface area contributed by atoms with Crippen molar-refractivity contribution in [3.63, 3.8) is 0 Å². The van der Waals surface area contributed by atoms with E-state index in [9.17, 15) is 13.2 Å². The van der Waals surface area contributed by atoms with Crippen LogP contribution in [0.2, 0.25) is 0 Å². The number of carbonyl (C=O) groups excluding carboxylic acids is 1. The van der Waals surface area contributed by atoms with Crippen molar-refractivity contribution in [1.82, 2.24) is 14.4 Å². The molecule has 0 aliphatic carbocycles. The van der Waals surface area contributed by atoms with Crippen LogP contribution in [0, 0.1) is 6.92 Å². The maximum absolute atomic E-state index is 12.3. The van der Waals surface area contributed by atoms with Gasteiger partial charge in [-0.25, -0.2) is 9.97 Å². The summed E-state index contributed by atoms with van der Waals surface area (Å²) in [6, 6.07) is 21.4. The standard InChI is InChI=1S/C31H31N3O6S/c1-21-5-12-25(13-6-21)41(36,37)39-18-17-38-24-10-8-23(9-11-24)26-15-16-34-28-14-7-22(19-27(28)33-30(34)32-26)20-29(35)40-31(2,3)4/h5-16,19H,17-18,20H2,1-4H3. The number of imidazole rings is 1. The van der Waals surface area contributed by atoms with Crippen molar-refractivity contribution < 1.29 is 26.9 Å². The van der Waals surface area contributed by atoms with E-state index in [4.69, 9.17) is 18.6 Å². The highest BCUT2D eigenvalue weighted by Gasteiger charge is 2.18. The van der Waals surface area contributed by atoms with E-state index in [0.717, 1.165) is 33.4 Å². The number of fused-ring (bicyclic) bond motifs is 3. The molecule has 3 aromatic carbocycles. The lowest BCUT2D eigenvalue weighted by Gasteiger charge is -2.19. The van der Waals surface area contributed by atoms with Crippen molar-refractivity contribution in [1.29, 1.82) is 0 Å². The van der Waals surface area contributed by atoms with Crippen molar-refractivity contribution >= 4 is 32.9 Å². The van der Waals surface area contributed by atoms with E-state index >= 15 is 0 Å². The molecule has 0 saturated heterocycles. The summed E-state index contributed by atoms with van der Waals surface area (Å²) >= 11 is 0. The molecule has 10 heteroatoms. The Labute approximate surface area is 238 Å². The molecular weight excluding hydrogens is 542 g/mol. The summed E-state index contributed by atoms with van der Waals surface area (Å²) in [6.45, 7) is 7.39. The van der Waals surface area contributed by atoms with Crippen molar-refractivity contribution in [2.75, 3.05) is 13.2 Å². The maximum Gasteiger partial charge on any atom is 0.310 e. The first-order valence-electron chi connectivity index (χ1n) is 13.2. The zero-order chi connectivity index (χ0) is 29.2. The SMILES string of the molecule is Cc1ccc(S(=O)(=O)OCCOc2ccc(-c3ccn4c(n3)nc3cc(CC(=O)OC(C)(C)C)ccc34)cc2)cc1. The minimum Gasteiger partial charge on any atom is -0.491 e. The number of hydrogen-bond donors (Lipinski definition) is 0. The normalized spacial score (nSPS) is 12.1. The number of ether oxygens (including phenoxy) is 2. The van der Waals surface area contributed by atoms with Crippen molar-refractivity contribution in [2.45, 2.75) is 44.6 Å². The molecular formula is C31H31N3O6S. The Hall–Kier alpha value is -4.28. The van der Waals surface area contributed by atoms with E-state index in [1.807, 2.05) is 74.7 Å². The molecule has 0 aliphatic heterocycles.